The molecule has 0 saturated carbocycles. The fourth-order valence-electron chi connectivity index (χ4n) is 1.44. The molecule has 0 aliphatic heterocycles. The monoisotopic (exact) mass is 267 g/mol. The van der Waals surface area contributed by atoms with Gasteiger partial charge in [-0.3, -0.25) is 0 Å². The van der Waals surface area contributed by atoms with Gasteiger partial charge >= 0.3 is 0 Å². The Bertz CT molecular complexity index is 409. The third-order valence-electron chi connectivity index (χ3n) is 2.45. The van der Waals surface area contributed by atoms with Gasteiger partial charge in [0.05, 0.1) is 0 Å². The molecule has 0 aromatic heterocycles. The van der Waals surface area contributed by atoms with E-state index in [-0.39, 0.29) is 0 Å². The second-order valence-electron chi connectivity index (χ2n) is 4.88. The molecule has 0 bridgehead atoms. The summed E-state index contributed by atoms with van der Waals surface area (Å²) >= 11 is 6.02. The summed E-state index contributed by atoms with van der Waals surface area (Å²) in [7, 11) is 0. The molecule has 18 heavy (non-hydrogen) atoms. The highest BCUT2D eigenvalue weighted by molar-refractivity contribution is 6.30. The van der Waals surface area contributed by atoms with E-state index >= 15 is 0 Å². The van der Waals surface area contributed by atoms with E-state index in [1.807, 2.05) is 18.2 Å². The third-order valence-corrected chi connectivity index (χ3v) is 2.69. The molecular weight excluding hydrogens is 246 g/mol. The van der Waals surface area contributed by atoms with Gasteiger partial charge in [-0.1, -0.05) is 31.0 Å². The van der Waals surface area contributed by atoms with Gasteiger partial charge in [-0.05, 0) is 38.1 Å². The zero-order valence-electron chi connectivity index (χ0n) is 11.6. The molecule has 0 atom stereocenters. The van der Waals surface area contributed by atoms with Gasteiger partial charge in [-0.15, -0.1) is 0 Å². The first kappa shape index (κ1) is 15.1. The van der Waals surface area contributed by atoms with Crippen molar-refractivity contribution < 1.29 is 4.74 Å². The molecule has 0 fully saturated rings. The average molecular weight is 268 g/mol. The SMILES string of the molecule is CC(C)=CCOc1ccc(Cl)cc1CNC(C)C. The van der Waals surface area contributed by atoms with Crippen LogP contribution in [0.4, 0.5) is 0 Å². The van der Waals surface area contributed by atoms with E-state index in [0.717, 1.165) is 22.9 Å². The summed E-state index contributed by atoms with van der Waals surface area (Å²) in [4.78, 5) is 0. The van der Waals surface area contributed by atoms with Crippen LogP contribution in [0.1, 0.15) is 33.3 Å². The van der Waals surface area contributed by atoms with Crippen LogP contribution in [0.15, 0.2) is 29.8 Å². The Kier molecular flexibility index (Phi) is 6.23. The van der Waals surface area contributed by atoms with Crippen molar-refractivity contribution in [3.8, 4) is 5.75 Å². The van der Waals surface area contributed by atoms with Crippen LogP contribution < -0.4 is 10.1 Å². The predicted octanol–water partition coefficient (Wildman–Crippen LogP) is 4.18. The zero-order valence-corrected chi connectivity index (χ0v) is 12.3. The quantitative estimate of drug-likeness (QED) is 0.781. The largest absolute Gasteiger partial charge is 0.489 e. The highest BCUT2D eigenvalue weighted by atomic mass is 35.5. The van der Waals surface area contributed by atoms with Gasteiger partial charge in [0.25, 0.3) is 0 Å². The number of rotatable bonds is 6. The van der Waals surface area contributed by atoms with Crippen LogP contribution in [0.2, 0.25) is 5.02 Å². The van der Waals surface area contributed by atoms with E-state index in [0.29, 0.717) is 12.6 Å². The summed E-state index contributed by atoms with van der Waals surface area (Å²) in [5.41, 5.74) is 2.35. The standard InChI is InChI=1S/C15H22ClNO/c1-11(2)7-8-18-15-6-5-14(16)9-13(15)10-17-12(3)4/h5-7,9,12,17H,8,10H2,1-4H3. The number of nitrogens with one attached hydrogen (secondary N) is 1. The predicted molar refractivity (Wildman–Crippen MR) is 78.4 cm³/mol. The average Bonchev–Trinajstić information content (AvgIpc) is 2.28. The van der Waals surface area contributed by atoms with Gasteiger partial charge in [0, 0.05) is 23.2 Å². The lowest BCUT2D eigenvalue weighted by Crippen LogP contribution is -2.22. The lowest BCUT2D eigenvalue weighted by Gasteiger charge is -2.13. The Labute approximate surface area is 115 Å². The number of benzene rings is 1. The molecule has 0 aliphatic rings. The van der Waals surface area contributed by atoms with Crippen LogP contribution in [0.25, 0.3) is 0 Å². The number of hydrogen-bond acceptors (Lipinski definition) is 2. The van der Waals surface area contributed by atoms with Crippen LogP contribution >= 0.6 is 11.6 Å². The second kappa shape index (κ2) is 7.45. The molecule has 1 rings (SSSR count). The first-order valence-corrected chi connectivity index (χ1v) is 6.65. The first-order chi connectivity index (χ1) is 8.49. The molecule has 1 aromatic carbocycles. The lowest BCUT2D eigenvalue weighted by atomic mass is 10.2. The molecule has 0 heterocycles. The van der Waals surface area contributed by atoms with Crippen LogP contribution in [-0.2, 0) is 6.54 Å². The Morgan fingerprint density at radius 3 is 2.72 bits per heavy atom. The summed E-state index contributed by atoms with van der Waals surface area (Å²) < 4.78 is 5.76. The van der Waals surface area contributed by atoms with E-state index in [1.165, 1.54) is 5.57 Å². The van der Waals surface area contributed by atoms with E-state index < -0.39 is 0 Å². The van der Waals surface area contributed by atoms with Gasteiger partial charge in [0.1, 0.15) is 12.4 Å². The zero-order chi connectivity index (χ0) is 13.5. The molecule has 0 amide bonds. The summed E-state index contributed by atoms with van der Waals surface area (Å²) in [5, 5.41) is 4.12. The molecule has 0 aliphatic carbocycles. The summed E-state index contributed by atoms with van der Waals surface area (Å²) in [6.45, 7) is 9.72. The van der Waals surface area contributed by atoms with Crippen molar-refractivity contribution in [3.05, 3.63) is 40.4 Å². The maximum Gasteiger partial charge on any atom is 0.124 e. The Morgan fingerprint density at radius 1 is 1.39 bits per heavy atom. The number of hydrogen-bond donors (Lipinski definition) is 1. The highest BCUT2D eigenvalue weighted by Gasteiger charge is 2.05. The van der Waals surface area contributed by atoms with Crippen LogP contribution in [0.5, 0.6) is 5.75 Å². The van der Waals surface area contributed by atoms with E-state index in [4.69, 9.17) is 16.3 Å². The number of allylic oxidation sites excluding steroid dienone is 1. The maximum absolute atomic E-state index is 6.02. The smallest absolute Gasteiger partial charge is 0.124 e. The number of ether oxygens (including phenoxy) is 1. The molecule has 3 heteroatoms. The second-order valence-corrected chi connectivity index (χ2v) is 5.32. The minimum Gasteiger partial charge on any atom is -0.489 e. The van der Waals surface area contributed by atoms with Crippen LogP contribution in [0.3, 0.4) is 0 Å². The number of halogens is 1. The van der Waals surface area contributed by atoms with Gasteiger partial charge in [-0.25, -0.2) is 0 Å². The van der Waals surface area contributed by atoms with E-state index in [9.17, 15) is 0 Å². The normalized spacial score (nSPS) is 10.6. The summed E-state index contributed by atoms with van der Waals surface area (Å²) in [5.74, 6) is 0.894. The molecule has 0 unspecified atom stereocenters. The Balaban J connectivity index is 2.72. The molecule has 0 spiro atoms. The Morgan fingerprint density at radius 2 is 2.11 bits per heavy atom. The Hall–Kier alpha value is -0.990. The van der Waals surface area contributed by atoms with Crippen LogP contribution in [-0.4, -0.2) is 12.6 Å². The van der Waals surface area contributed by atoms with Crippen molar-refractivity contribution in [2.75, 3.05) is 6.61 Å². The van der Waals surface area contributed by atoms with Gasteiger partial charge in [-0.2, -0.15) is 0 Å². The molecule has 2 nitrogen and oxygen atoms in total. The topological polar surface area (TPSA) is 21.3 Å². The molecule has 1 aromatic rings. The lowest BCUT2D eigenvalue weighted by molar-refractivity contribution is 0.356. The van der Waals surface area contributed by atoms with Gasteiger partial charge < -0.3 is 10.1 Å². The van der Waals surface area contributed by atoms with Gasteiger partial charge in [0.15, 0.2) is 0 Å². The minimum absolute atomic E-state index is 0.439. The fourth-order valence-corrected chi connectivity index (χ4v) is 1.63. The highest BCUT2D eigenvalue weighted by Crippen LogP contribution is 2.23. The van der Waals surface area contributed by atoms with Crippen molar-refractivity contribution in [1.82, 2.24) is 5.32 Å². The summed E-state index contributed by atoms with van der Waals surface area (Å²) in [6, 6.07) is 6.18. The van der Waals surface area contributed by atoms with E-state index in [1.54, 1.807) is 0 Å². The van der Waals surface area contributed by atoms with E-state index in [2.05, 4.69) is 39.1 Å². The maximum atomic E-state index is 6.02. The molecular formula is C15H22ClNO. The molecule has 0 radical (unpaired) electrons. The summed E-state index contributed by atoms with van der Waals surface area (Å²) in [6.07, 6.45) is 2.06. The van der Waals surface area contributed by atoms with Crippen molar-refractivity contribution in [3.63, 3.8) is 0 Å². The van der Waals surface area contributed by atoms with Crippen LogP contribution in [0, 0.1) is 0 Å². The first-order valence-electron chi connectivity index (χ1n) is 6.27. The minimum atomic E-state index is 0.439. The molecule has 100 valence electrons. The van der Waals surface area contributed by atoms with Crippen molar-refractivity contribution in [2.24, 2.45) is 0 Å². The fraction of sp³-hybridized carbons (Fsp3) is 0.467. The van der Waals surface area contributed by atoms with Gasteiger partial charge in [0.2, 0.25) is 0 Å². The van der Waals surface area contributed by atoms with Crippen molar-refractivity contribution in [1.29, 1.82) is 0 Å². The molecule has 1 N–H and O–H groups in total. The van der Waals surface area contributed by atoms with Crippen molar-refractivity contribution in [2.45, 2.75) is 40.3 Å². The molecule has 0 saturated heterocycles. The third kappa shape index (κ3) is 5.56. The van der Waals surface area contributed by atoms with Crippen molar-refractivity contribution >= 4 is 11.6 Å².